The quantitative estimate of drug-likeness (QED) is 0.174. The summed E-state index contributed by atoms with van der Waals surface area (Å²) in [6.45, 7) is 0. The summed E-state index contributed by atoms with van der Waals surface area (Å²) in [6.07, 6.45) is 8.09. The summed E-state index contributed by atoms with van der Waals surface area (Å²) in [7, 11) is 0. The fourth-order valence-corrected chi connectivity index (χ4v) is 13.8. The van der Waals surface area contributed by atoms with Gasteiger partial charge in [-0.2, -0.15) is 0 Å². The van der Waals surface area contributed by atoms with Crippen LogP contribution in [0, 0.1) is 0 Å². The number of halogens is 4. The molecular formula is C44H30Cl4FeN4. The number of aromatic nitrogens is 4. The van der Waals surface area contributed by atoms with E-state index in [2.05, 4.69) is 68.5 Å². The zero-order chi connectivity index (χ0) is 36.4. The molecule has 3 aromatic heterocycles. The molecule has 0 amide bonds. The first-order valence-electron chi connectivity index (χ1n) is 16.6. The first-order valence-corrected chi connectivity index (χ1v) is 20.3. The zero-order valence-corrected chi connectivity index (χ0v) is 32.1. The second-order valence-corrected chi connectivity index (χ2v) is 17.7. The Balaban J connectivity index is 0.000000153. The van der Waals surface area contributed by atoms with Gasteiger partial charge in [-0.25, -0.2) is 9.97 Å². The molecule has 2 N–H and O–H groups in total. The van der Waals surface area contributed by atoms with Crippen molar-refractivity contribution in [1.82, 2.24) is 19.9 Å². The van der Waals surface area contributed by atoms with Gasteiger partial charge < -0.3 is 9.97 Å². The van der Waals surface area contributed by atoms with E-state index in [9.17, 15) is 0 Å². The molecule has 0 spiro atoms. The molecule has 0 radical (unpaired) electrons. The second kappa shape index (κ2) is 15.3. The van der Waals surface area contributed by atoms with Crippen LogP contribution < -0.4 is 17.8 Å². The van der Waals surface area contributed by atoms with Crippen LogP contribution >= 0.6 is 46.4 Å². The molecule has 5 heterocycles. The topological polar surface area (TPSA) is 57.4 Å². The SMILES string of the molecule is C1=Cc2cc3ccc(cc4nc(cc5ccc(cc1n2)[nH]5)C=C4)[nH]3.Clc1cccc[c]1[Fe]([c]1ccccc1Cl)([c]1ccccc1Cl)[c]1ccccc1Cl. The summed E-state index contributed by atoms with van der Waals surface area (Å²) in [5.41, 5.74) is 7.86. The van der Waals surface area contributed by atoms with Gasteiger partial charge in [0.1, 0.15) is 0 Å². The van der Waals surface area contributed by atoms with Crippen LogP contribution in [0.4, 0.5) is 0 Å². The number of aromatic amines is 2. The van der Waals surface area contributed by atoms with E-state index < -0.39 is 12.8 Å². The summed E-state index contributed by atoms with van der Waals surface area (Å²) in [6, 6.07) is 47.8. The Hall–Kier alpha value is -4.84. The summed E-state index contributed by atoms with van der Waals surface area (Å²) in [5, 5.41) is 2.64. The van der Waals surface area contributed by atoms with Crippen LogP contribution in [0.5, 0.6) is 0 Å². The van der Waals surface area contributed by atoms with Crippen molar-refractivity contribution in [3.63, 3.8) is 0 Å². The molecule has 2 aliphatic rings. The van der Waals surface area contributed by atoms with Gasteiger partial charge in [-0.05, 0) is 72.8 Å². The molecule has 0 fully saturated rings. The van der Waals surface area contributed by atoms with Crippen molar-refractivity contribution in [3.8, 4) is 0 Å². The van der Waals surface area contributed by atoms with Crippen molar-refractivity contribution in [2.75, 3.05) is 0 Å². The number of nitrogens with one attached hydrogen (secondary N) is 2. The monoisotopic (exact) mass is 810 g/mol. The van der Waals surface area contributed by atoms with Crippen LogP contribution in [-0.2, 0) is 12.8 Å². The predicted molar refractivity (Wildman–Crippen MR) is 223 cm³/mol. The molecule has 4 nitrogen and oxygen atoms in total. The van der Waals surface area contributed by atoms with E-state index in [-0.39, 0.29) is 0 Å². The number of benzene rings is 4. The second-order valence-electron chi connectivity index (χ2n) is 12.0. The van der Waals surface area contributed by atoms with Crippen LogP contribution in [-0.4, -0.2) is 19.9 Å². The summed E-state index contributed by atoms with van der Waals surface area (Å²) in [5.74, 6) is 0. The maximum absolute atomic E-state index is 6.82. The first-order chi connectivity index (χ1) is 25.9. The third kappa shape index (κ3) is 7.25. The van der Waals surface area contributed by atoms with Crippen LogP contribution in [0.15, 0.2) is 146 Å². The Morgan fingerprint density at radius 2 is 0.585 bits per heavy atom. The number of nitrogens with zero attached hydrogens (tertiary/aromatic N) is 2. The Morgan fingerprint density at radius 1 is 0.340 bits per heavy atom. The van der Waals surface area contributed by atoms with E-state index in [1.165, 1.54) is 0 Å². The van der Waals surface area contributed by atoms with E-state index in [1.54, 1.807) is 0 Å². The molecular weight excluding hydrogens is 782 g/mol. The average molecular weight is 812 g/mol. The Bertz CT molecular complexity index is 2350. The van der Waals surface area contributed by atoms with Crippen LogP contribution in [0.2, 0.25) is 20.1 Å². The minimum absolute atomic E-state index is 0.659. The molecule has 9 heteroatoms. The zero-order valence-electron chi connectivity index (χ0n) is 27.9. The normalized spacial score (nSPS) is 12.3. The average Bonchev–Trinajstić information content (AvgIpc) is 3.99. The Morgan fingerprint density at radius 3 is 0.830 bits per heavy atom. The van der Waals surface area contributed by atoms with E-state index in [1.807, 2.05) is 121 Å². The Kier molecular flexibility index (Phi) is 10.1. The van der Waals surface area contributed by atoms with Crippen molar-refractivity contribution < 1.29 is 12.8 Å². The summed E-state index contributed by atoms with van der Waals surface area (Å²) < 4.78 is 3.93. The molecule has 8 bridgehead atoms. The van der Waals surface area contributed by atoms with Gasteiger partial charge in [0.2, 0.25) is 0 Å². The maximum atomic E-state index is 6.82. The summed E-state index contributed by atoms with van der Waals surface area (Å²) in [4.78, 5) is 16.0. The molecule has 2 aliphatic heterocycles. The van der Waals surface area contributed by atoms with Crippen molar-refractivity contribution in [3.05, 3.63) is 188 Å². The molecule has 0 aliphatic carbocycles. The fourth-order valence-electron chi connectivity index (χ4n) is 6.16. The van der Waals surface area contributed by atoms with Gasteiger partial charge in [0.15, 0.2) is 0 Å². The molecule has 53 heavy (non-hydrogen) atoms. The number of hydrogen-bond acceptors (Lipinski definition) is 2. The molecule has 0 saturated heterocycles. The van der Waals surface area contributed by atoms with Crippen molar-refractivity contribution in [2.24, 2.45) is 0 Å². The van der Waals surface area contributed by atoms with Gasteiger partial charge in [0.25, 0.3) is 0 Å². The molecule has 0 unspecified atom stereocenters. The minimum atomic E-state index is -2.79. The molecule has 9 rings (SSSR count). The van der Waals surface area contributed by atoms with E-state index >= 15 is 0 Å². The van der Waals surface area contributed by atoms with Gasteiger partial charge in [-0.3, -0.25) is 0 Å². The third-order valence-corrected chi connectivity index (χ3v) is 15.8. The van der Waals surface area contributed by atoms with Crippen molar-refractivity contribution in [1.29, 1.82) is 0 Å². The number of hydrogen-bond donors (Lipinski definition) is 2. The van der Waals surface area contributed by atoms with Crippen LogP contribution in [0.3, 0.4) is 0 Å². The molecule has 0 saturated carbocycles. The van der Waals surface area contributed by atoms with Gasteiger partial charge in [-0.15, -0.1) is 0 Å². The van der Waals surface area contributed by atoms with Gasteiger partial charge in [0.05, 0.1) is 22.8 Å². The first kappa shape index (κ1) is 35.2. The molecule has 0 atom stereocenters. The van der Waals surface area contributed by atoms with Crippen LogP contribution in [0.25, 0.3) is 46.4 Å². The van der Waals surface area contributed by atoms with E-state index in [0.29, 0.717) is 20.1 Å². The van der Waals surface area contributed by atoms with Crippen LogP contribution in [0.1, 0.15) is 22.8 Å². The number of fused-ring (bicyclic) bond motifs is 8. The van der Waals surface area contributed by atoms with E-state index in [0.717, 1.165) is 62.7 Å². The van der Waals surface area contributed by atoms with Gasteiger partial charge >= 0.3 is 194 Å². The van der Waals surface area contributed by atoms with Gasteiger partial charge in [-0.1, -0.05) is 0 Å². The van der Waals surface area contributed by atoms with E-state index in [4.69, 9.17) is 46.4 Å². The van der Waals surface area contributed by atoms with Gasteiger partial charge in [0, 0.05) is 22.1 Å². The van der Waals surface area contributed by atoms with Crippen molar-refractivity contribution in [2.45, 2.75) is 0 Å². The predicted octanol–water partition coefficient (Wildman–Crippen LogP) is 10.7. The molecule has 7 aromatic rings. The Labute approximate surface area is 329 Å². The number of H-pyrrole nitrogens is 2. The molecule has 4 aromatic carbocycles. The standard InChI is InChI=1S/C20H14N4.4C6H4Cl.Fe/c1-2-14-10-16-5-6-18(23-16)12-20-8-7-19(24-20)11-17-4-3-15(22-17)9-13(1)21-14;4*7-6-4-2-1-3-5-6;/h1-12,21,24H;4*1-4H;. The molecule has 262 valence electrons. The summed E-state index contributed by atoms with van der Waals surface area (Å²) >= 11 is 24.5. The third-order valence-electron chi connectivity index (χ3n) is 8.44. The number of rotatable bonds is 4. The fraction of sp³-hybridized carbons (Fsp3) is 0. The van der Waals surface area contributed by atoms with Crippen molar-refractivity contribution >= 4 is 111 Å².